The number of phenols is 2. The average Bonchev–Trinajstić information content (AvgIpc) is 3.25. The lowest BCUT2D eigenvalue weighted by Gasteiger charge is -2.06. The van der Waals surface area contributed by atoms with E-state index < -0.39 is 0 Å². The number of aromatic hydroxyl groups is 2. The number of nitrogens with one attached hydrogen (secondary N) is 1. The van der Waals surface area contributed by atoms with E-state index in [1.807, 2.05) is 31.2 Å². The fourth-order valence-electron chi connectivity index (χ4n) is 2.50. The maximum atomic E-state index is 12.2. The third-order valence-electron chi connectivity index (χ3n) is 3.87. The van der Waals surface area contributed by atoms with Crippen molar-refractivity contribution in [2.24, 2.45) is 5.92 Å². The van der Waals surface area contributed by atoms with Crippen LogP contribution in [0.2, 0.25) is 0 Å². The van der Waals surface area contributed by atoms with Gasteiger partial charge in [0.15, 0.2) is 11.5 Å². The van der Waals surface area contributed by atoms with Crippen LogP contribution < -0.4 is 5.32 Å². The van der Waals surface area contributed by atoms with Gasteiger partial charge in [-0.3, -0.25) is 4.79 Å². The van der Waals surface area contributed by atoms with Crippen molar-refractivity contribution in [3.8, 4) is 11.5 Å². The minimum atomic E-state index is -0.142. The van der Waals surface area contributed by atoms with Crippen LogP contribution >= 0.6 is 0 Å². The van der Waals surface area contributed by atoms with E-state index >= 15 is 0 Å². The molecule has 2 unspecified atom stereocenters. The number of phenolic OH excluding ortho intramolecular Hbond substituents is 2. The van der Waals surface area contributed by atoms with Gasteiger partial charge < -0.3 is 15.5 Å². The highest BCUT2D eigenvalue weighted by atomic mass is 16.3. The second kappa shape index (κ2) is 5.13. The average molecular weight is 283 g/mol. The van der Waals surface area contributed by atoms with Gasteiger partial charge in [0.05, 0.1) is 0 Å². The van der Waals surface area contributed by atoms with Crippen LogP contribution in [0.25, 0.3) is 0 Å². The smallest absolute Gasteiger partial charge is 0.228 e. The summed E-state index contributed by atoms with van der Waals surface area (Å²) in [7, 11) is 0. The van der Waals surface area contributed by atoms with E-state index in [0.29, 0.717) is 0 Å². The molecule has 4 nitrogen and oxygen atoms in total. The van der Waals surface area contributed by atoms with E-state index in [2.05, 4.69) is 5.32 Å². The minimum Gasteiger partial charge on any atom is -0.504 e. The van der Waals surface area contributed by atoms with Gasteiger partial charge in [-0.25, -0.2) is 0 Å². The number of anilines is 1. The first-order valence-corrected chi connectivity index (χ1v) is 6.94. The zero-order chi connectivity index (χ0) is 15.0. The molecule has 3 rings (SSSR count). The number of aryl methyl sites for hydroxylation is 1. The second-order valence-electron chi connectivity index (χ2n) is 5.55. The molecule has 0 aromatic heterocycles. The molecule has 1 fully saturated rings. The zero-order valence-electron chi connectivity index (χ0n) is 11.7. The van der Waals surface area contributed by atoms with Crippen molar-refractivity contribution in [1.82, 2.24) is 0 Å². The molecule has 0 bridgehead atoms. The van der Waals surface area contributed by atoms with Crippen LogP contribution in [0.4, 0.5) is 5.69 Å². The van der Waals surface area contributed by atoms with E-state index in [4.69, 9.17) is 0 Å². The molecule has 1 saturated carbocycles. The summed E-state index contributed by atoms with van der Waals surface area (Å²) < 4.78 is 0. The SMILES string of the molecule is Cc1ccc(NC(=O)C2CC2c2ccc(O)c(O)c2)cc1. The van der Waals surface area contributed by atoms with Crippen LogP contribution in [-0.2, 0) is 4.79 Å². The molecule has 2 atom stereocenters. The molecule has 1 aliphatic carbocycles. The Hall–Kier alpha value is -2.49. The van der Waals surface area contributed by atoms with Gasteiger partial charge in [-0.05, 0) is 49.1 Å². The van der Waals surface area contributed by atoms with Crippen molar-refractivity contribution in [2.45, 2.75) is 19.3 Å². The zero-order valence-corrected chi connectivity index (χ0v) is 11.7. The summed E-state index contributed by atoms with van der Waals surface area (Å²) in [5.74, 6) is -0.245. The highest BCUT2D eigenvalue weighted by molar-refractivity contribution is 5.95. The minimum absolute atomic E-state index is 0.00332. The van der Waals surface area contributed by atoms with E-state index in [0.717, 1.165) is 23.2 Å². The van der Waals surface area contributed by atoms with Crippen LogP contribution in [-0.4, -0.2) is 16.1 Å². The first kappa shape index (κ1) is 13.5. The van der Waals surface area contributed by atoms with E-state index in [1.165, 1.54) is 12.1 Å². The number of hydrogen-bond acceptors (Lipinski definition) is 3. The van der Waals surface area contributed by atoms with Crippen LogP contribution in [0.5, 0.6) is 11.5 Å². The van der Waals surface area contributed by atoms with Gasteiger partial charge in [-0.15, -0.1) is 0 Å². The molecule has 0 aliphatic heterocycles. The molecular weight excluding hydrogens is 266 g/mol. The Bertz CT molecular complexity index is 679. The first-order chi connectivity index (χ1) is 10.0. The van der Waals surface area contributed by atoms with Crippen LogP contribution in [0.15, 0.2) is 42.5 Å². The molecule has 21 heavy (non-hydrogen) atoms. The summed E-state index contributed by atoms with van der Waals surface area (Å²) in [6, 6.07) is 12.4. The Morgan fingerprint density at radius 3 is 2.48 bits per heavy atom. The molecule has 108 valence electrons. The van der Waals surface area contributed by atoms with Crippen molar-refractivity contribution >= 4 is 11.6 Å². The van der Waals surface area contributed by atoms with Crippen LogP contribution in [0.3, 0.4) is 0 Å². The molecule has 0 heterocycles. The third-order valence-corrected chi connectivity index (χ3v) is 3.87. The summed E-state index contributed by atoms with van der Waals surface area (Å²) >= 11 is 0. The molecule has 4 heteroatoms. The summed E-state index contributed by atoms with van der Waals surface area (Å²) in [5.41, 5.74) is 2.83. The fourth-order valence-corrected chi connectivity index (χ4v) is 2.50. The normalized spacial score (nSPS) is 20.0. The van der Waals surface area contributed by atoms with Gasteiger partial charge in [0, 0.05) is 11.6 Å². The summed E-state index contributed by atoms with van der Waals surface area (Å²) in [6.45, 7) is 2.00. The van der Waals surface area contributed by atoms with Gasteiger partial charge in [-0.1, -0.05) is 23.8 Å². The maximum Gasteiger partial charge on any atom is 0.228 e. The lowest BCUT2D eigenvalue weighted by molar-refractivity contribution is -0.117. The Balaban J connectivity index is 1.65. The largest absolute Gasteiger partial charge is 0.504 e. The third kappa shape index (κ3) is 2.84. The molecule has 0 saturated heterocycles. The molecule has 2 aromatic carbocycles. The predicted octanol–water partition coefficient (Wildman–Crippen LogP) is 3.15. The van der Waals surface area contributed by atoms with Gasteiger partial charge in [-0.2, -0.15) is 0 Å². The number of amides is 1. The number of carbonyl (C=O) groups excluding carboxylic acids is 1. The van der Waals surface area contributed by atoms with Gasteiger partial charge in [0.25, 0.3) is 0 Å². The number of rotatable bonds is 3. The number of carbonyl (C=O) groups is 1. The molecule has 0 radical (unpaired) electrons. The van der Waals surface area contributed by atoms with Gasteiger partial charge in [0.2, 0.25) is 5.91 Å². The molecule has 0 spiro atoms. The predicted molar refractivity (Wildman–Crippen MR) is 80.4 cm³/mol. The molecule has 1 aliphatic rings. The number of benzene rings is 2. The van der Waals surface area contributed by atoms with Gasteiger partial charge in [0.1, 0.15) is 0 Å². The summed E-state index contributed by atoms with van der Waals surface area (Å²) in [6.07, 6.45) is 0.766. The topological polar surface area (TPSA) is 69.6 Å². The lowest BCUT2D eigenvalue weighted by atomic mass is 10.1. The molecular formula is C17H17NO3. The van der Waals surface area contributed by atoms with E-state index in [1.54, 1.807) is 6.07 Å². The first-order valence-electron chi connectivity index (χ1n) is 6.94. The molecule has 2 aromatic rings. The quantitative estimate of drug-likeness (QED) is 0.758. The van der Waals surface area contributed by atoms with Gasteiger partial charge >= 0.3 is 0 Å². The Kier molecular flexibility index (Phi) is 3.29. The van der Waals surface area contributed by atoms with Crippen molar-refractivity contribution in [1.29, 1.82) is 0 Å². The summed E-state index contributed by atoms with van der Waals surface area (Å²) in [5, 5.41) is 21.7. The lowest BCUT2D eigenvalue weighted by Crippen LogP contribution is -2.14. The Morgan fingerprint density at radius 2 is 1.81 bits per heavy atom. The highest BCUT2D eigenvalue weighted by Gasteiger charge is 2.44. The van der Waals surface area contributed by atoms with E-state index in [-0.39, 0.29) is 29.2 Å². The van der Waals surface area contributed by atoms with Crippen LogP contribution in [0.1, 0.15) is 23.5 Å². The number of hydrogen-bond donors (Lipinski definition) is 3. The maximum absolute atomic E-state index is 12.2. The Morgan fingerprint density at radius 1 is 1.10 bits per heavy atom. The fraction of sp³-hybridized carbons (Fsp3) is 0.235. The van der Waals surface area contributed by atoms with Crippen molar-refractivity contribution in [3.05, 3.63) is 53.6 Å². The van der Waals surface area contributed by atoms with Crippen molar-refractivity contribution in [2.75, 3.05) is 5.32 Å². The molecule has 1 amide bonds. The van der Waals surface area contributed by atoms with Crippen LogP contribution in [0, 0.1) is 12.8 Å². The Labute approximate surface area is 123 Å². The van der Waals surface area contributed by atoms with E-state index in [9.17, 15) is 15.0 Å². The standard InChI is InChI=1S/C17H17NO3/c1-10-2-5-12(6-3-10)18-17(21)14-9-13(14)11-4-7-15(19)16(20)8-11/h2-8,13-14,19-20H,9H2,1H3,(H,18,21). The monoisotopic (exact) mass is 283 g/mol. The highest BCUT2D eigenvalue weighted by Crippen LogP contribution is 2.49. The summed E-state index contributed by atoms with van der Waals surface area (Å²) in [4.78, 5) is 12.2. The van der Waals surface area contributed by atoms with Crippen molar-refractivity contribution in [3.63, 3.8) is 0 Å². The van der Waals surface area contributed by atoms with Crippen molar-refractivity contribution < 1.29 is 15.0 Å². The molecule has 3 N–H and O–H groups in total. The second-order valence-corrected chi connectivity index (χ2v) is 5.55.